The standard InChI is InChI=1S/C21H23N5O/c1-13-5-6-17(14(2)9-13)11-23-20(27)8-7-19-15(3)25-21-18(10-22)12-24-26(21)16(19)4/h5-6,9,12H,7-8,11H2,1-4H3,(H,23,27). The summed E-state index contributed by atoms with van der Waals surface area (Å²) in [4.78, 5) is 16.8. The van der Waals surface area contributed by atoms with Gasteiger partial charge in [0, 0.05) is 24.4 Å². The molecule has 138 valence electrons. The van der Waals surface area contributed by atoms with Crippen LogP contribution < -0.4 is 5.32 Å². The summed E-state index contributed by atoms with van der Waals surface area (Å²) < 4.78 is 1.68. The van der Waals surface area contributed by atoms with Crippen LogP contribution >= 0.6 is 0 Å². The van der Waals surface area contributed by atoms with Crippen molar-refractivity contribution in [3.05, 3.63) is 63.6 Å². The zero-order valence-electron chi connectivity index (χ0n) is 16.1. The lowest BCUT2D eigenvalue weighted by Gasteiger charge is -2.12. The summed E-state index contributed by atoms with van der Waals surface area (Å²) in [6, 6.07) is 8.34. The molecule has 0 saturated heterocycles. The van der Waals surface area contributed by atoms with Crippen LogP contribution in [0, 0.1) is 39.0 Å². The number of benzene rings is 1. The van der Waals surface area contributed by atoms with Crippen LogP contribution in [0.25, 0.3) is 5.65 Å². The Labute approximate surface area is 158 Å². The second-order valence-corrected chi connectivity index (χ2v) is 6.87. The fourth-order valence-corrected chi connectivity index (χ4v) is 3.32. The third kappa shape index (κ3) is 3.82. The van der Waals surface area contributed by atoms with Crippen LogP contribution in [0.3, 0.4) is 0 Å². The average Bonchev–Trinajstić information content (AvgIpc) is 3.03. The summed E-state index contributed by atoms with van der Waals surface area (Å²) in [6.07, 6.45) is 2.49. The highest BCUT2D eigenvalue weighted by Crippen LogP contribution is 2.18. The zero-order chi connectivity index (χ0) is 19.6. The summed E-state index contributed by atoms with van der Waals surface area (Å²) in [7, 11) is 0. The van der Waals surface area contributed by atoms with E-state index < -0.39 is 0 Å². The van der Waals surface area contributed by atoms with Crippen molar-refractivity contribution < 1.29 is 4.79 Å². The number of aryl methyl sites for hydroxylation is 4. The minimum Gasteiger partial charge on any atom is -0.352 e. The predicted molar refractivity (Wildman–Crippen MR) is 103 cm³/mol. The number of nitriles is 1. The normalized spacial score (nSPS) is 10.8. The summed E-state index contributed by atoms with van der Waals surface area (Å²) in [5, 5.41) is 16.4. The molecule has 0 atom stereocenters. The van der Waals surface area contributed by atoms with Crippen molar-refractivity contribution in [2.45, 2.75) is 47.1 Å². The van der Waals surface area contributed by atoms with Crippen molar-refractivity contribution in [2.75, 3.05) is 0 Å². The number of fused-ring (bicyclic) bond motifs is 1. The molecule has 1 N–H and O–H groups in total. The van der Waals surface area contributed by atoms with Crippen LogP contribution in [0.1, 0.15) is 45.6 Å². The van der Waals surface area contributed by atoms with Crippen molar-refractivity contribution in [2.24, 2.45) is 0 Å². The maximum Gasteiger partial charge on any atom is 0.220 e. The first-order valence-corrected chi connectivity index (χ1v) is 8.97. The van der Waals surface area contributed by atoms with Gasteiger partial charge in [-0.25, -0.2) is 9.50 Å². The van der Waals surface area contributed by atoms with Gasteiger partial charge in [-0.2, -0.15) is 10.4 Å². The molecule has 0 aliphatic heterocycles. The van der Waals surface area contributed by atoms with Crippen molar-refractivity contribution in [1.82, 2.24) is 19.9 Å². The fraction of sp³-hybridized carbons (Fsp3) is 0.333. The van der Waals surface area contributed by atoms with E-state index in [1.165, 1.54) is 17.3 Å². The van der Waals surface area contributed by atoms with Gasteiger partial charge in [0.25, 0.3) is 0 Å². The molecular formula is C21H23N5O. The summed E-state index contributed by atoms with van der Waals surface area (Å²) in [5.74, 6) is 0.00653. The molecule has 1 aromatic carbocycles. The minimum atomic E-state index is 0.00653. The molecule has 2 heterocycles. The van der Waals surface area contributed by atoms with Crippen LogP contribution in [0.2, 0.25) is 0 Å². The molecule has 0 fully saturated rings. The quantitative estimate of drug-likeness (QED) is 0.757. The first kappa shape index (κ1) is 18.6. The third-order valence-corrected chi connectivity index (χ3v) is 4.91. The molecule has 6 nitrogen and oxygen atoms in total. The monoisotopic (exact) mass is 361 g/mol. The Hall–Kier alpha value is -3.20. The molecule has 0 unspecified atom stereocenters. The van der Waals surface area contributed by atoms with Crippen LogP contribution in [0.4, 0.5) is 0 Å². The van der Waals surface area contributed by atoms with Gasteiger partial charge in [0.2, 0.25) is 5.91 Å². The molecule has 0 spiro atoms. The average molecular weight is 361 g/mol. The largest absolute Gasteiger partial charge is 0.352 e. The predicted octanol–water partition coefficient (Wildman–Crippen LogP) is 3.08. The Morgan fingerprint density at radius 3 is 2.74 bits per heavy atom. The molecule has 0 radical (unpaired) electrons. The van der Waals surface area contributed by atoms with Crippen molar-refractivity contribution in [3.8, 4) is 6.07 Å². The second kappa shape index (κ2) is 7.58. The van der Waals surface area contributed by atoms with Gasteiger partial charge in [-0.3, -0.25) is 4.79 Å². The van der Waals surface area contributed by atoms with E-state index in [-0.39, 0.29) is 5.91 Å². The number of carbonyl (C=O) groups excluding carboxylic acids is 1. The number of hydrogen-bond donors (Lipinski definition) is 1. The molecule has 27 heavy (non-hydrogen) atoms. The molecule has 3 rings (SSSR count). The van der Waals surface area contributed by atoms with Crippen LogP contribution in [0.5, 0.6) is 0 Å². The van der Waals surface area contributed by atoms with E-state index in [9.17, 15) is 4.79 Å². The van der Waals surface area contributed by atoms with Gasteiger partial charge in [-0.1, -0.05) is 23.8 Å². The molecule has 6 heteroatoms. The maximum absolute atomic E-state index is 12.3. The van der Waals surface area contributed by atoms with Gasteiger partial charge >= 0.3 is 0 Å². The Kier molecular flexibility index (Phi) is 5.22. The third-order valence-electron chi connectivity index (χ3n) is 4.91. The highest BCUT2D eigenvalue weighted by Gasteiger charge is 2.14. The van der Waals surface area contributed by atoms with Gasteiger partial charge in [0.1, 0.15) is 11.6 Å². The lowest BCUT2D eigenvalue weighted by Crippen LogP contribution is -2.24. The van der Waals surface area contributed by atoms with Crippen LogP contribution in [-0.2, 0) is 17.8 Å². The number of nitrogens with one attached hydrogen (secondary N) is 1. The van der Waals surface area contributed by atoms with E-state index in [2.05, 4.69) is 53.5 Å². The van der Waals surface area contributed by atoms with E-state index >= 15 is 0 Å². The Balaban J connectivity index is 1.67. The highest BCUT2D eigenvalue weighted by molar-refractivity contribution is 5.76. The second-order valence-electron chi connectivity index (χ2n) is 6.87. The Morgan fingerprint density at radius 2 is 2.04 bits per heavy atom. The lowest BCUT2D eigenvalue weighted by atomic mass is 10.0. The van der Waals surface area contributed by atoms with E-state index in [1.54, 1.807) is 4.52 Å². The van der Waals surface area contributed by atoms with Gasteiger partial charge in [0.05, 0.1) is 6.20 Å². The maximum atomic E-state index is 12.3. The Morgan fingerprint density at radius 1 is 1.26 bits per heavy atom. The highest BCUT2D eigenvalue weighted by atomic mass is 16.1. The molecule has 0 aliphatic rings. The van der Waals surface area contributed by atoms with Gasteiger partial charge in [-0.05, 0) is 50.8 Å². The summed E-state index contributed by atoms with van der Waals surface area (Å²) in [6.45, 7) is 8.50. The van der Waals surface area contributed by atoms with Gasteiger partial charge < -0.3 is 5.32 Å². The Bertz CT molecular complexity index is 1060. The first-order valence-electron chi connectivity index (χ1n) is 8.97. The zero-order valence-corrected chi connectivity index (χ0v) is 16.1. The smallest absolute Gasteiger partial charge is 0.220 e. The molecule has 0 aliphatic carbocycles. The number of hydrogen-bond acceptors (Lipinski definition) is 4. The fourth-order valence-electron chi connectivity index (χ4n) is 3.32. The minimum absolute atomic E-state index is 0.00653. The van der Waals surface area contributed by atoms with Gasteiger partial charge in [-0.15, -0.1) is 0 Å². The number of nitrogens with zero attached hydrogens (tertiary/aromatic N) is 4. The van der Waals surface area contributed by atoms with Crippen molar-refractivity contribution in [3.63, 3.8) is 0 Å². The SMILES string of the molecule is Cc1ccc(CNC(=O)CCc2c(C)nc3c(C#N)cnn3c2C)c(C)c1. The molecule has 2 aromatic heterocycles. The number of carbonyl (C=O) groups is 1. The molecule has 0 bridgehead atoms. The van der Waals surface area contributed by atoms with E-state index in [1.807, 2.05) is 13.8 Å². The van der Waals surface area contributed by atoms with E-state index in [0.29, 0.717) is 30.6 Å². The molecule has 1 amide bonds. The topological polar surface area (TPSA) is 83.1 Å². The molecular weight excluding hydrogens is 338 g/mol. The number of aromatic nitrogens is 3. The summed E-state index contributed by atoms with van der Waals surface area (Å²) in [5.41, 5.74) is 7.30. The lowest BCUT2D eigenvalue weighted by molar-refractivity contribution is -0.121. The van der Waals surface area contributed by atoms with Gasteiger partial charge in [0.15, 0.2) is 5.65 Å². The first-order chi connectivity index (χ1) is 12.9. The number of rotatable bonds is 5. The van der Waals surface area contributed by atoms with E-state index in [4.69, 9.17) is 5.26 Å². The molecule has 3 aromatic rings. The van der Waals surface area contributed by atoms with Crippen LogP contribution in [0.15, 0.2) is 24.4 Å². The van der Waals surface area contributed by atoms with E-state index in [0.717, 1.165) is 22.5 Å². The van der Waals surface area contributed by atoms with Crippen molar-refractivity contribution >= 4 is 11.6 Å². The number of amides is 1. The van der Waals surface area contributed by atoms with Crippen molar-refractivity contribution in [1.29, 1.82) is 5.26 Å². The molecule has 0 saturated carbocycles. The summed E-state index contributed by atoms with van der Waals surface area (Å²) >= 11 is 0. The van der Waals surface area contributed by atoms with Crippen LogP contribution in [-0.4, -0.2) is 20.5 Å².